The largest absolute Gasteiger partial charge is 0.368 e. The molecule has 2 bridgehead atoms. The molecule has 1 aromatic rings. The predicted octanol–water partition coefficient (Wildman–Crippen LogP) is 3.75. The van der Waals surface area contributed by atoms with Crippen molar-refractivity contribution in [2.75, 3.05) is 18.0 Å². The molecule has 0 aromatic heterocycles. The Balaban J connectivity index is 0.00000120. The number of benzene rings is 1. The third kappa shape index (κ3) is 2.88. The maximum absolute atomic E-state index is 6.08. The number of hydrogen-bond acceptors (Lipinski definition) is 2. The lowest BCUT2D eigenvalue weighted by Gasteiger charge is -2.43. The van der Waals surface area contributed by atoms with Crippen molar-refractivity contribution >= 4 is 41.3 Å². The fourth-order valence-corrected chi connectivity index (χ4v) is 3.19. The number of fused-ring (bicyclic) bond motifs is 2. The zero-order chi connectivity index (χ0) is 11.8. The minimum absolute atomic E-state index is 0. The van der Waals surface area contributed by atoms with Gasteiger partial charge >= 0.3 is 0 Å². The van der Waals surface area contributed by atoms with Crippen LogP contribution in [0.3, 0.4) is 0 Å². The number of anilines is 1. The molecule has 100 valence electrons. The van der Waals surface area contributed by atoms with Crippen LogP contribution in [-0.2, 0) is 0 Å². The summed E-state index contributed by atoms with van der Waals surface area (Å²) in [7, 11) is 0. The van der Waals surface area contributed by atoms with E-state index in [2.05, 4.69) is 16.3 Å². The van der Waals surface area contributed by atoms with Gasteiger partial charge in [-0.1, -0.05) is 29.6 Å². The summed E-state index contributed by atoms with van der Waals surface area (Å²) < 4.78 is 0. The molecule has 2 unspecified atom stereocenters. The second-order valence-electron chi connectivity index (χ2n) is 4.99. The van der Waals surface area contributed by atoms with Gasteiger partial charge in [0.25, 0.3) is 0 Å². The monoisotopic (exact) mass is 306 g/mol. The highest BCUT2D eigenvalue weighted by atomic mass is 35.5. The summed E-state index contributed by atoms with van der Waals surface area (Å²) in [5, 5.41) is 4.95. The van der Waals surface area contributed by atoms with Gasteiger partial charge < -0.3 is 10.2 Å². The van der Waals surface area contributed by atoms with Gasteiger partial charge in [0.15, 0.2) is 0 Å². The molecule has 0 saturated carbocycles. The maximum Gasteiger partial charge on any atom is 0.0612 e. The summed E-state index contributed by atoms with van der Waals surface area (Å²) in [5.74, 6) is 0. The summed E-state index contributed by atoms with van der Waals surface area (Å²) >= 11 is 12.0. The van der Waals surface area contributed by atoms with E-state index in [1.54, 1.807) is 0 Å². The van der Waals surface area contributed by atoms with Crippen molar-refractivity contribution in [3.63, 3.8) is 0 Å². The van der Waals surface area contributed by atoms with Crippen molar-refractivity contribution in [2.45, 2.75) is 31.3 Å². The van der Waals surface area contributed by atoms with Crippen LogP contribution in [0.25, 0.3) is 0 Å². The van der Waals surface area contributed by atoms with Crippen LogP contribution in [0.2, 0.25) is 10.0 Å². The molecule has 2 aliphatic heterocycles. The first-order valence-electron chi connectivity index (χ1n) is 6.18. The van der Waals surface area contributed by atoms with Gasteiger partial charge in [-0.2, -0.15) is 0 Å². The molecule has 2 nitrogen and oxygen atoms in total. The van der Waals surface area contributed by atoms with Crippen LogP contribution in [0.15, 0.2) is 18.2 Å². The fraction of sp³-hybridized carbons (Fsp3) is 0.538. The molecule has 2 aliphatic rings. The minimum Gasteiger partial charge on any atom is -0.368 e. The predicted molar refractivity (Wildman–Crippen MR) is 80.5 cm³/mol. The van der Waals surface area contributed by atoms with Crippen molar-refractivity contribution in [1.82, 2.24) is 5.32 Å². The fourth-order valence-electron chi connectivity index (χ4n) is 2.90. The number of nitrogens with one attached hydrogen (secondary N) is 1. The van der Waals surface area contributed by atoms with Gasteiger partial charge in [0.1, 0.15) is 0 Å². The van der Waals surface area contributed by atoms with E-state index < -0.39 is 0 Å². The Morgan fingerprint density at radius 1 is 1.06 bits per heavy atom. The molecule has 3 rings (SSSR count). The number of nitrogens with zero attached hydrogens (tertiary/aromatic N) is 1. The second kappa shape index (κ2) is 5.87. The normalized spacial score (nSPS) is 26.7. The van der Waals surface area contributed by atoms with E-state index in [-0.39, 0.29) is 12.4 Å². The van der Waals surface area contributed by atoms with E-state index in [0.29, 0.717) is 22.1 Å². The second-order valence-corrected chi connectivity index (χ2v) is 5.81. The van der Waals surface area contributed by atoms with Crippen molar-refractivity contribution in [3.05, 3.63) is 28.2 Å². The number of piperazine rings is 1. The van der Waals surface area contributed by atoms with Crippen molar-refractivity contribution in [3.8, 4) is 0 Å². The highest BCUT2D eigenvalue weighted by Crippen LogP contribution is 2.30. The van der Waals surface area contributed by atoms with E-state index in [9.17, 15) is 0 Å². The van der Waals surface area contributed by atoms with Gasteiger partial charge in [-0.3, -0.25) is 0 Å². The molecule has 5 heteroatoms. The summed E-state index contributed by atoms with van der Waals surface area (Å²) in [5.41, 5.74) is 1.19. The van der Waals surface area contributed by atoms with Gasteiger partial charge in [0, 0.05) is 30.9 Å². The Hall–Kier alpha value is -0.150. The molecule has 2 heterocycles. The standard InChI is InChI=1S/C13H16Cl2N2.ClH/c14-12-5-4-11(6-13(12)15)17-7-9-2-1-3-10(8-17)16-9;/h4-6,9-10,16H,1-3,7-8H2;1H. The molecule has 0 aliphatic carbocycles. The van der Waals surface area contributed by atoms with E-state index in [1.165, 1.54) is 24.9 Å². The number of halogens is 3. The number of hydrogen-bond donors (Lipinski definition) is 1. The Bertz CT molecular complexity index is 413. The topological polar surface area (TPSA) is 15.3 Å². The van der Waals surface area contributed by atoms with Crippen molar-refractivity contribution in [1.29, 1.82) is 0 Å². The molecular formula is C13H17Cl3N2. The van der Waals surface area contributed by atoms with E-state index >= 15 is 0 Å². The lowest BCUT2D eigenvalue weighted by molar-refractivity contribution is 0.283. The summed E-state index contributed by atoms with van der Waals surface area (Å²) in [6.45, 7) is 2.16. The Kier molecular flexibility index (Phi) is 4.65. The van der Waals surface area contributed by atoms with Gasteiger partial charge in [0.2, 0.25) is 0 Å². The summed E-state index contributed by atoms with van der Waals surface area (Å²) in [6, 6.07) is 7.20. The smallest absolute Gasteiger partial charge is 0.0612 e. The number of rotatable bonds is 1. The lowest BCUT2D eigenvalue weighted by Crippen LogP contribution is -2.58. The van der Waals surface area contributed by atoms with Gasteiger partial charge in [-0.05, 0) is 31.0 Å². The molecule has 2 fully saturated rings. The lowest BCUT2D eigenvalue weighted by atomic mass is 9.94. The van der Waals surface area contributed by atoms with Crippen LogP contribution < -0.4 is 10.2 Å². The van der Waals surface area contributed by atoms with Crippen LogP contribution in [0.1, 0.15) is 19.3 Å². The molecule has 2 atom stereocenters. The first-order chi connectivity index (χ1) is 8.22. The van der Waals surface area contributed by atoms with Crippen LogP contribution in [0.5, 0.6) is 0 Å². The van der Waals surface area contributed by atoms with Crippen LogP contribution >= 0.6 is 35.6 Å². The molecule has 0 radical (unpaired) electrons. The third-order valence-electron chi connectivity index (χ3n) is 3.73. The number of piperidine rings is 1. The van der Waals surface area contributed by atoms with Crippen LogP contribution in [-0.4, -0.2) is 25.2 Å². The third-order valence-corrected chi connectivity index (χ3v) is 4.47. The first kappa shape index (κ1) is 14.3. The summed E-state index contributed by atoms with van der Waals surface area (Å²) in [6.07, 6.45) is 3.93. The first-order valence-corrected chi connectivity index (χ1v) is 6.94. The molecular weight excluding hydrogens is 291 g/mol. The highest BCUT2D eigenvalue weighted by Gasteiger charge is 2.29. The Morgan fingerprint density at radius 3 is 2.33 bits per heavy atom. The molecule has 0 amide bonds. The van der Waals surface area contributed by atoms with Crippen molar-refractivity contribution < 1.29 is 0 Å². The van der Waals surface area contributed by atoms with Crippen molar-refractivity contribution in [2.24, 2.45) is 0 Å². The van der Waals surface area contributed by atoms with E-state index in [0.717, 1.165) is 13.1 Å². The van der Waals surface area contributed by atoms with Gasteiger partial charge in [-0.15, -0.1) is 12.4 Å². The summed E-state index contributed by atoms with van der Waals surface area (Å²) in [4.78, 5) is 2.42. The maximum atomic E-state index is 6.08. The van der Waals surface area contributed by atoms with Crippen LogP contribution in [0.4, 0.5) is 5.69 Å². The SMILES string of the molecule is Cl.Clc1ccc(N2CC3CCCC(C2)N3)cc1Cl. The highest BCUT2D eigenvalue weighted by molar-refractivity contribution is 6.42. The minimum atomic E-state index is 0. The molecule has 0 spiro atoms. The zero-order valence-electron chi connectivity index (χ0n) is 10.0. The van der Waals surface area contributed by atoms with Crippen LogP contribution in [0, 0.1) is 0 Å². The Morgan fingerprint density at radius 2 is 1.72 bits per heavy atom. The Labute approximate surface area is 124 Å². The van der Waals surface area contributed by atoms with Gasteiger partial charge in [0.05, 0.1) is 10.0 Å². The average molecular weight is 308 g/mol. The zero-order valence-corrected chi connectivity index (χ0v) is 12.4. The van der Waals surface area contributed by atoms with E-state index in [4.69, 9.17) is 23.2 Å². The molecule has 1 N–H and O–H groups in total. The van der Waals surface area contributed by atoms with E-state index in [1.807, 2.05) is 12.1 Å². The molecule has 18 heavy (non-hydrogen) atoms. The molecule has 2 saturated heterocycles. The van der Waals surface area contributed by atoms with Gasteiger partial charge in [-0.25, -0.2) is 0 Å². The quantitative estimate of drug-likeness (QED) is 0.850. The average Bonchev–Trinajstić information content (AvgIpc) is 2.32. The molecule has 1 aromatic carbocycles.